The van der Waals surface area contributed by atoms with Crippen molar-refractivity contribution in [2.24, 2.45) is 0 Å². The molecule has 0 bridgehead atoms. The largest absolute Gasteiger partial charge is 0.460 e. The van der Waals surface area contributed by atoms with E-state index in [0.717, 1.165) is 12.2 Å². The van der Waals surface area contributed by atoms with E-state index in [1.165, 1.54) is 0 Å². The first-order valence-corrected chi connectivity index (χ1v) is 9.07. The highest BCUT2D eigenvalue weighted by molar-refractivity contribution is 6.42. The Bertz CT molecular complexity index is 946. The summed E-state index contributed by atoms with van der Waals surface area (Å²) in [5.41, 5.74) is 1.61. The van der Waals surface area contributed by atoms with Gasteiger partial charge in [-0.05, 0) is 50.6 Å². The fourth-order valence-electron chi connectivity index (χ4n) is 2.45. The third kappa shape index (κ3) is 3.79. The first-order valence-electron chi connectivity index (χ1n) is 8.32. The lowest BCUT2D eigenvalue weighted by Gasteiger charge is -2.12. The molecule has 0 aliphatic carbocycles. The normalized spacial score (nSPS) is 12.2. The van der Waals surface area contributed by atoms with Crippen LogP contribution in [0.1, 0.15) is 36.5 Å². The molecule has 1 aromatic carbocycles. The van der Waals surface area contributed by atoms with Crippen molar-refractivity contribution in [2.45, 2.75) is 33.2 Å². The number of hydrogen-bond donors (Lipinski definition) is 1. The van der Waals surface area contributed by atoms with Gasteiger partial charge in [0.1, 0.15) is 17.1 Å². The SMILES string of the molecule is CCC(C)NC(=O)c1cc(-c2ccc(C)o2)nn1-c1ccc(Cl)c(Cl)c1. The van der Waals surface area contributed by atoms with E-state index in [2.05, 4.69) is 10.4 Å². The number of furan rings is 1. The van der Waals surface area contributed by atoms with Crippen LogP contribution >= 0.6 is 23.2 Å². The first kappa shape index (κ1) is 18.5. The molecule has 3 aromatic rings. The Balaban J connectivity index is 2.09. The number of halogens is 2. The number of aryl methyl sites for hydroxylation is 1. The van der Waals surface area contributed by atoms with Crippen molar-refractivity contribution in [1.29, 1.82) is 0 Å². The highest BCUT2D eigenvalue weighted by Gasteiger charge is 2.20. The molecule has 136 valence electrons. The Hall–Kier alpha value is -2.24. The molecule has 1 atom stereocenters. The monoisotopic (exact) mass is 391 g/mol. The van der Waals surface area contributed by atoms with Gasteiger partial charge in [-0.15, -0.1) is 0 Å². The van der Waals surface area contributed by atoms with Gasteiger partial charge in [0.2, 0.25) is 0 Å². The summed E-state index contributed by atoms with van der Waals surface area (Å²) in [6.45, 7) is 5.82. The minimum absolute atomic E-state index is 0.0500. The minimum Gasteiger partial charge on any atom is -0.460 e. The van der Waals surface area contributed by atoms with E-state index in [-0.39, 0.29) is 11.9 Å². The van der Waals surface area contributed by atoms with Gasteiger partial charge in [0.15, 0.2) is 5.76 Å². The number of hydrogen-bond acceptors (Lipinski definition) is 3. The van der Waals surface area contributed by atoms with Gasteiger partial charge in [-0.25, -0.2) is 4.68 Å². The molecule has 26 heavy (non-hydrogen) atoms. The molecule has 0 fully saturated rings. The fourth-order valence-corrected chi connectivity index (χ4v) is 2.74. The molecular weight excluding hydrogens is 373 g/mol. The summed E-state index contributed by atoms with van der Waals surface area (Å²) in [5.74, 6) is 1.15. The van der Waals surface area contributed by atoms with Gasteiger partial charge >= 0.3 is 0 Å². The smallest absolute Gasteiger partial charge is 0.270 e. The van der Waals surface area contributed by atoms with Crippen molar-refractivity contribution in [3.8, 4) is 17.1 Å². The van der Waals surface area contributed by atoms with Gasteiger partial charge in [0.05, 0.1) is 15.7 Å². The van der Waals surface area contributed by atoms with E-state index in [1.807, 2.05) is 32.9 Å². The van der Waals surface area contributed by atoms with Crippen LogP contribution in [0.5, 0.6) is 0 Å². The topological polar surface area (TPSA) is 60.1 Å². The summed E-state index contributed by atoms with van der Waals surface area (Å²) in [5, 5.41) is 8.34. The maximum Gasteiger partial charge on any atom is 0.270 e. The highest BCUT2D eigenvalue weighted by Crippen LogP contribution is 2.27. The van der Waals surface area contributed by atoms with Gasteiger partial charge in [0, 0.05) is 12.1 Å². The molecule has 0 saturated carbocycles. The summed E-state index contributed by atoms with van der Waals surface area (Å²) < 4.78 is 7.19. The number of nitrogens with one attached hydrogen (secondary N) is 1. The molecule has 2 aromatic heterocycles. The van der Waals surface area contributed by atoms with Crippen LogP contribution in [0.3, 0.4) is 0 Å². The number of carbonyl (C=O) groups excluding carboxylic acids is 1. The molecule has 0 radical (unpaired) electrons. The molecule has 7 heteroatoms. The standard InChI is InChI=1S/C19H19Cl2N3O2/c1-4-11(2)22-19(25)17-10-16(18-8-5-12(3)26-18)23-24(17)13-6-7-14(20)15(21)9-13/h5-11H,4H2,1-3H3,(H,22,25). The first-order chi connectivity index (χ1) is 12.4. The maximum absolute atomic E-state index is 12.7. The van der Waals surface area contributed by atoms with Crippen molar-refractivity contribution < 1.29 is 9.21 Å². The summed E-state index contributed by atoms with van der Waals surface area (Å²) >= 11 is 12.1. The average Bonchev–Trinajstić information content (AvgIpc) is 3.23. The van der Waals surface area contributed by atoms with E-state index in [1.54, 1.807) is 28.9 Å². The molecule has 0 spiro atoms. The van der Waals surface area contributed by atoms with Crippen molar-refractivity contribution in [1.82, 2.24) is 15.1 Å². The van der Waals surface area contributed by atoms with E-state index >= 15 is 0 Å². The Morgan fingerprint density at radius 1 is 1.23 bits per heavy atom. The van der Waals surface area contributed by atoms with Crippen LogP contribution in [0, 0.1) is 6.92 Å². The number of rotatable bonds is 5. The number of nitrogens with zero attached hydrogens (tertiary/aromatic N) is 2. The number of carbonyl (C=O) groups is 1. The molecular formula is C19H19Cl2N3O2. The third-order valence-corrected chi connectivity index (χ3v) is 4.81. The zero-order valence-corrected chi connectivity index (χ0v) is 16.2. The maximum atomic E-state index is 12.7. The van der Waals surface area contributed by atoms with Crippen LogP contribution in [0.4, 0.5) is 0 Å². The molecule has 2 heterocycles. The van der Waals surface area contributed by atoms with Crippen molar-refractivity contribution in [2.75, 3.05) is 0 Å². The molecule has 1 amide bonds. The Labute approximate surface area is 161 Å². The number of amides is 1. The van der Waals surface area contributed by atoms with E-state index in [9.17, 15) is 4.79 Å². The molecule has 3 rings (SSSR count). The summed E-state index contributed by atoms with van der Waals surface area (Å²) in [4.78, 5) is 12.7. The Kier molecular flexibility index (Phi) is 5.39. The van der Waals surface area contributed by atoms with Crippen molar-refractivity contribution in [3.05, 3.63) is 57.9 Å². The Morgan fingerprint density at radius 3 is 2.62 bits per heavy atom. The Morgan fingerprint density at radius 2 is 2.00 bits per heavy atom. The van der Waals surface area contributed by atoms with E-state index < -0.39 is 0 Å². The minimum atomic E-state index is -0.215. The molecule has 1 N–H and O–H groups in total. The van der Waals surface area contributed by atoms with Gasteiger partial charge in [0.25, 0.3) is 5.91 Å². The summed E-state index contributed by atoms with van der Waals surface area (Å²) in [7, 11) is 0. The number of benzene rings is 1. The summed E-state index contributed by atoms with van der Waals surface area (Å²) in [6, 6.07) is 10.5. The van der Waals surface area contributed by atoms with Crippen LogP contribution < -0.4 is 5.32 Å². The second kappa shape index (κ2) is 7.56. The molecule has 1 unspecified atom stereocenters. The van der Waals surface area contributed by atoms with E-state index in [4.69, 9.17) is 27.6 Å². The van der Waals surface area contributed by atoms with Gasteiger partial charge in [-0.1, -0.05) is 30.1 Å². The molecule has 0 aliphatic rings. The predicted octanol–water partition coefficient (Wildman–Crippen LogP) is 5.28. The lowest BCUT2D eigenvalue weighted by atomic mass is 10.2. The van der Waals surface area contributed by atoms with Crippen LogP contribution in [-0.2, 0) is 0 Å². The molecule has 0 saturated heterocycles. The van der Waals surface area contributed by atoms with Crippen molar-refractivity contribution >= 4 is 29.1 Å². The summed E-state index contributed by atoms with van der Waals surface area (Å²) in [6.07, 6.45) is 0.830. The molecule has 0 aliphatic heterocycles. The zero-order chi connectivity index (χ0) is 18.8. The quantitative estimate of drug-likeness (QED) is 0.643. The highest BCUT2D eigenvalue weighted by atomic mass is 35.5. The number of aromatic nitrogens is 2. The van der Waals surface area contributed by atoms with Gasteiger partial charge in [-0.2, -0.15) is 5.10 Å². The third-order valence-electron chi connectivity index (χ3n) is 4.07. The average molecular weight is 392 g/mol. The van der Waals surface area contributed by atoms with Gasteiger partial charge < -0.3 is 9.73 Å². The lowest BCUT2D eigenvalue weighted by Crippen LogP contribution is -2.33. The predicted molar refractivity (Wildman–Crippen MR) is 103 cm³/mol. The van der Waals surface area contributed by atoms with Crippen LogP contribution in [0.2, 0.25) is 10.0 Å². The van der Waals surface area contributed by atoms with Crippen LogP contribution in [0.15, 0.2) is 40.8 Å². The van der Waals surface area contributed by atoms with Gasteiger partial charge in [-0.3, -0.25) is 4.79 Å². The molecule has 5 nitrogen and oxygen atoms in total. The van der Waals surface area contributed by atoms with Crippen molar-refractivity contribution in [3.63, 3.8) is 0 Å². The van der Waals surface area contributed by atoms with Crippen LogP contribution in [0.25, 0.3) is 17.1 Å². The van der Waals surface area contributed by atoms with Crippen LogP contribution in [-0.4, -0.2) is 21.7 Å². The second-order valence-electron chi connectivity index (χ2n) is 6.12. The zero-order valence-electron chi connectivity index (χ0n) is 14.7. The van der Waals surface area contributed by atoms with E-state index in [0.29, 0.717) is 32.9 Å². The fraction of sp³-hybridized carbons (Fsp3) is 0.263. The lowest BCUT2D eigenvalue weighted by molar-refractivity contribution is 0.0931. The second-order valence-corrected chi connectivity index (χ2v) is 6.93.